The molecule has 0 aliphatic carbocycles. The normalized spacial score (nSPS) is 15.8. The third-order valence-corrected chi connectivity index (χ3v) is 6.08. The number of carbonyl (C=O) groups excluding carboxylic acids is 1. The number of ketones is 1. The Morgan fingerprint density at radius 1 is 0.938 bits per heavy atom. The first-order valence-corrected chi connectivity index (χ1v) is 11.4. The van der Waals surface area contributed by atoms with Gasteiger partial charge in [-0.1, -0.05) is 23.2 Å². The zero-order chi connectivity index (χ0) is 22.9. The van der Waals surface area contributed by atoms with E-state index in [0.29, 0.717) is 54.1 Å². The maximum absolute atomic E-state index is 12.3. The predicted molar refractivity (Wildman–Crippen MR) is 124 cm³/mol. The maximum Gasteiger partial charge on any atom is 0.321 e. The summed E-state index contributed by atoms with van der Waals surface area (Å²) in [4.78, 5) is 26.1. The van der Waals surface area contributed by atoms with E-state index in [0.717, 1.165) is 12.8 Å². The fourth-order valence-corrected chi connectivity index (χ4v) is 4.08. The molecule has 0 amide bonds. The zero-order valence-corrected chi connectivity index (χ0v) is 19.2. The Balaban J connectivity index is 1.39. The molecular formula is C24H27Cl2NO5. The highest BCUT2D eigenvalue weighted by Crippen LogP contribution is 2.24. The van der Waals surface area contributed by atoms with Crippen molar-refractivity contribution in [2.75, 3.05) is 26.3 Å². The first-order chi connectivity index (χ1) is 15.4. The third-order valence-electron chi connectivity index (χ3n) is 5.58. The quantitative estimate of drug-likeness (QED) is 0.490. The second kappa shape index (κ2) is 12.1. The van der Waals surface area contributed by atoms with E-state index >= 15 is 0 Å². The van der Waals surface area contributed by atoms with Crippen LogP contribution in [-0.2, 0) is 9.59 Å². The number of likely N-dealkylation sites (tertiary alicyclic amines) is 1. The van der Waals surface area contributed by atoms with Crippen LogP contribution < -0.4 is 9.47 Å². The molecule has 1 N–H and O–H groups in total. The van der Waals surface area contributed by atoms with Crippen molar-refractivity contribution in [1.29, 1.82) is 0 Å². The Labute approximate surface area is 198 Å². The van der Waals surface area contributed by atoms with E-state index in [2.05, 4.69) is 0 Å². The lowest BCUT2D eigenvalue weighted by Crippen LogP contribution is -2.46. The lowest BCUT2D eigenvalue weighted by molar-refractivity contribution is -0.144. The van der Waals surface area contributed by atoms with Gasteiger partial charge in [0, 0.05) is 22.9 Å². The van der Waals surface area contributed by atoms with Gasteiger partial charge in [0.25, 0.3) is 0 Å². The van der Waals surface area contributed by atoms with Gasteiger partial charge in [-0.05, 0) is 80.4 Å². The van der Waals surface area contributed by atoms with Crippen molar-refractivity contribution in [2.45, 2.75) is 31.7 Å². The van der Waals surface area contributed by atoms with Crippen molar-refractivity contribution >= 4 is 35.0 Å². The molecule has 1 heterocycles. The van der Waals surface area contributed by atoms with Gasteiger partial charge in [-0.15, -0.1) is 0 Å². The first-order valence-electron chi connectivity index (χ1n) is 10.7. The Bertz CT molecular complexity index is 880. The number of hydrogen-bond donors (Lipinski definition) is 1. The number of ether oxygens (including phenoxy) is 2. The zero-order valence-electron chi connectivity index (χ0n) is 17.7. The minimum absolute atomic E-state index is 0.0294. The van der Waals surface area contributed by atoms with Crippen LogP contribution in [0.25, 0.3) is 0 Å². The summed E-state index contributed by atoms with van der Waals surface area (Å²) in [6.07, 6.45) is 2.40. The number of hydrogen-bond acceptors (Lipinski definition) is 5. The van der Waals surface area contributed by atoms with E-state index in [1.807, 2.05) is 4.90 Å². The van der Waals surface area contributed by atoms with Crippen molar-refractivity contribution < 1.29 is 24.2 Å². The number of rotatable bonds is 11. The minimum Gasteiger partial charge on any atom is -0.494 e. The molecule has 172 valence electrons. The van der Waals surface area contributed by atoms with E-state index in [9.17, 15) is 14.7 Å². The van der Waals surface area contributed by atoms with Crippen molar-refractivity contribution in [1.82, 2.24) is 4.90 Å². The highest BCUT2D eigenvalue weighted by molar-refractivity contribution is 6.30. The molecule has 1 unspecified atom stereocenters. The first kappa shape index (κ1) is 24.4. The van der Waals surface area contributed by atoms with Crippen molar-refractivity contribution in [2.24, 2.45) is 5.92 Å². The van der Waals surface area contributed by atoms with Gasteiger partial charge in [0.15, 0.2) is 5.78 Å². The van der Waals surface area contributed by atoms with Crippen LogP contribution in [0, 0.1) is 5.92 Å². The molecule has 1 saturated heterocycles. The standard InChI is InChI=1S/C24H27Cl2NO5/c25-18-1-5-21(6-2-18)31-14-11-23(24(29)30)27-12-9-17(10-13-27)15-20(28)16-32-22-7-3-19(26)4-8-22/h1-8,17,23H,9-16H2,(H,29,30). The molecule has 0 radical (unpaired) electrons. The van der Waals surface area contributed by atoms with Crippen molar-refractivity contribution in [3.05, 3.63) is 58.6 Å². The highest BCUT2D eigenvalue weighted by Gasteiger charge is 2.30. The number of carboxylic acids is 1. The van der Waals surface area contributed by atoms with Crippen LogP contribution in [0.1, 0.15) is 25.7 Å². The van der Waals surface area contributed by atoms with Gasteiger partial charge in [-0.2, -0.15) is 0 Å². The van der Waals surface area contributed by atoms with Crippen LogP contribution in [-0.4, -0.2) is 54.1 Å². The number of carboxylic acid groups (broad SMARTS) is 1. The van der Waals surface area contributed by atoms with Gasteiger partial charge in [0.05, 0.1) is 6.61 Å². The fourth-order valence-electron chi connectivity index (χ4n) is 3.83. The number of nitrogens with zero attached hydrogens (tertiary/aromatic N) is 1. The molecule has 8 heteroatoms. The molecule has 0 saturated carbocycles. The highest BCUT2D eigenvalue weighted by atomic mass is 35.5. The molecule has 1 aliphatic rings. The van der Waals surface area contributed by atoms with Crippen molar-refractivity contribution in [3.8, 4) is 11.5 Å². The number of halogens is 2. The van der Waals surface area contributed by atoms with Crippen LogP contribution >= 0.6 is 23.2 Å². The summed E-state index contributed by atoms with van der Waals surface area (Å²) in [5, 5.41) is 10.9. The van der Waals surface area contributed by atoms with Gasteiger partial charge >= 0.3 is 5.97 Å². The fraction of sp³-hybridized carbons (Fsp3) is 0.417. The Morgan fingerprint density at radius 2 is 1.47 bits per heavy atom. The maximum atomic E-state index is 12.3. The number of piperidine rings is 1. The molecule has 1 aliphatic heterocycles. The van der Waals surface area contributed by atoms with Crippen LogP contribution in [0.2, 0.25) is 10.0 Å². The van der Waals surface area contributed by atoms with E-state index < -0.39 is 12.0 Å². The minimum atomic E-state index is -0.851. The Hall–Kier alpha value is -2.28. The van der Waals surface area contributed by atoms with Gasteiger partial charge in [0.2, 0.25) is 0 Å². The second-order valence-corrected chi connectivity index (χ2v) is 8.78. The average molecular weight is 480 g/mol. The van der Waals surface area contributed by atoms with E-state index in [1.165, 1.54) is 0 Å². The molecule has 3 rings (SSSR count). The Morgan fingerprint density at radius 3 is 2.00 bits per heavy atom. The molecule has 2 aromatic rings. The number of carbonyl (C=O) groups is 2. The lowest BCUT2D eigenvalue weighted by atomic mass is 9.91. The summed E-state index contributed by atoms with van der Waals surface area (Å²) >= 11 is 11.7. The molecule has 6 nitrogen and oxygen atoms in total. The molecule has 0 bridgehead atoms. The van der Waals surface area contributed by atoms with Gasteiger partial charge in [-0.3, -0.25) is 14.5 Å². The van der Waals surface area contributed by atoms with Crippen LogP contribution in [0.5, 0.6) is 11.5 Å². The number of benzene rings is 2. The number of Topliss-reactive ketones (excluding diaryl/α,β-unsaturated/α-hetero) is 1. The predicted octanol–water partition coefficient (Wildman–Crippen LogP) is 4.97. The molecular weight excluding hydrogens is 453 g/mol. The average Bonchev–Trinajstić information content (AvgIpc) is 2.78. The summed E-state index contributed by atoms with van der Waals surface area (Å²) in [6.45, 7) is 1.63. The second-order valence-electron chi connectivity index (χ2n) is 7.91. The summed E-state index contributed by atoms with van der Waals surface area (Å²) in [5.41, 5.74) is 0. The third kappa shape index (κ3) is 7.69. The lowest BCUT2D eigenvalue weighted by Gasteiger charge is -2.35. The molecule has 32 heavy (non-hydrogen) atoms. The Kier molecular flexibility index (Phi) is 9.21. The molecule has 1 atom stereocenters. The summed E-state index contributed by atoms with van der Waals surface area (Å²) < 4.78 is 11.2. The topological polar surface area (TPSA) is 76.1 Å². The molecule has 2 aromatic carbocycles. The molecule has 0 aromatic heterocycles. The summed E-state index contributed by atoms with van der Waals surface area (Å²) in [5.74, 6) is 0.715. The van der Waals surface area contributed by atoms with Gasteiger partial charge < -0.3 is 14.6 Å². The van der Waals surface area contributed by atoms with Gasteiger partial charge in [0.1, 0.15) is 24.1 Å². The van der Waals surface area contributed by atoms with Crippen LogP contribution in [0.15, 0.2) is 48.5 Å². The SMILES string of the molecule is O=C(COc1ccc(Cl)cc1)CC1CCN(C(CCOc2ccc(Cl)cc2)C(=O)O)CC1. The van der Waals surface area contributed by atoms with Crippen molar-refractivity contribution in [3.63, 3.8) is 0 Å². The smallest absolute Gasteiger partial charge is 0.321 e. The molecule has 0 spiro atoms. The van der Waals surface area contributed by atoms with Crippen LogP contribution in [0.4, 0.5) is 0 Å². The van der Waals surface area contributed by atoms with E-state index in [1.54, 1.807) is 48.5 Å². The van der Waals surface area contributed by atoms with Gasteiger partial charge in [-0.25, -0.2) is 0 Å². The van der Waals surface area contributed by atoms with E-state index in [-0.39, 0.29) is 18.3 Å². The van der Waals surface area contributed by atoms with Crippen LogP contribution in [0.3, 0.4) is 0 Å². The monoisotopic (exact) mass is 479 g/mol. The summed E-state index contributed by atoms with van der Waals surface area (Å²) in [7, 11) is 0. The van der Waals surface area contributed by atoms with E-state index in [4.69, 9.17) is 32.7 Å². The number of aliphatic carboxylic acids is 1. The largest absolute Gasteiger partial charge is 0.494 e. The molecule has 1 fully saturated rings. The summed E-state index contributed by atoms with van der Waals surface area (Å²) in [6, 6.07) is 13.3.